The van der Waals surface area contributed by atoms with E-state index in [1.807, 2.05) is 6.07 Å². The van der Waals surface area contributed by atoms with Crippen molar-refractivity contribution >= 4 is 0 Å². The van der Waals surface area contributed by atoms with Crippen LogP contribution in [0.25, 0.3) is 0 Å². The molecule has 3 nitrogen and oxygen atoms in total. The Morgan fingerprint density at radius 2 is 2.05 bits per heavy atom. The number of ether oxygens (including phenoxy) is 2. The molecule has 1 heterocycles. The summed E-state index contributed by atoms with van der Waals surface area (Å²) in [6.45, 7) is 12.0. The molecule has 1 fully saturated rings. The van der Waals surface area contributed by atoms with Gasteiger partial charge in [-0.1, -0.05) is 32.9 Å². The molecule has 1 aromatic rings. The van der Waals surface area contributed by atoms with Crippen LogP contribution in [0.1, 0.15) is 46.6 Å². The van der Waals surface area contributed by atoms with E-state index < -0.39 is 0 Å². The molecule has 0 aromatic heterocycles. The molecule has 0 saturated heterocycles. The molecule has 21 heavy (non-hydrogen) atoms. The van der Waals surface area contributed by atoms with Gasteiger partial charge in [0, 0.05) is 29.9 Å². The lowest BCUT2D eigenvalue weighted by atomic mass is 9.64. The van der Waals surface area contributed by atoms with E-state index in [0.29, 0.717) is 6.04 Å². The van der Waals surface area contributed by atoms with Crippen molar-refractivity contribution < 1.29 is 9.47 Å². The van der Waals surface area contributed by atoms with E-state index in [1.54, 1.807) is 0 Å². The number of rotatable bonds is 4. The average Bonchev–Trinajstić information content (AvgIpc) is 2.72. The normalized spacial score (nSPS) is 28.4. The summed E-state index contributed by atoms with van der Waals surface area (Å²) in [6, 6.07) is 6.80. The van der Waals surface area contributed by atoms with Crippen LogP contribution in [0.2, 0.25) is 0 Å². The van der Waals surface area contributed by atoms with Gasteiger partial charge in [-0.3, -0.25) is 0 Å². The van der Waals surface area contributed by atoms with Gasteiger partial charge in [-0.05, 0) is 26.5 Å². The van der Waals surface area contributed by atoms with E-state index in [2.05, 4.69) is 52.1 Å². The summed E-state index contributed by atoms with van der Waals surface area (Å²) < 4.78 is 12.4. The van der Waals surface area contributed by atoms with Gasteiger partial charge in [-0.2, -0.15) is 0 Å². The third-order valence-corrected chi connectivity index (χ3v) is 4.95. The van der Waals surface area contributed by atoms with Crippen LogP contribution >= 0.6 is 0 Å². The van der Waals surface area contributed by atoms with E-state index in [1.165, 1.54) is 5.56 Å². The third kappa shape index (κ3) is 2.52. The smallest absolute Gasteiger partial charge is 0.165 e. The molecular formula is C18H27NO2. The molecule has 0 amide bonds. The maximum atomic E-state index is 6.31. The SMILES string of the molecule is CCNC1CC(Oc2cccc3c2OC(C)(C)C3)C1(C)C. The number of para-hydroxylation sites is 1. The Morgan fingerprint density at radius 1 is 1.29 bits per heavy atom. The van der Waals surface area contributed by atoms with Crippen LogP contribution in [0.4, 0.5) is 0 Å². The van der Waals surface area contributed by atoms with Crippen LogP contribution in [0.5, 0.6) is 11.5 Å². The Kier molecular flexibility index (Phi) is 3.44. The van der Waals surface area contributed by atoms with E-state index in [9.17, 15) is 0 Å². The van der Waals surface area contributed by atoms with Crippen molar-refractivity contribution in [2.24, 2.45) is 5.41 Å². The minimum atomic E-state index is -0.122. The highest BCUT2D eigenvalue weighted by atomic mass is 16.5. The molecule has 3 heteroatoms. The van der Waals surface area contributed by atoms with Crippen molar-refractivity contribution in [2.45, 2.75) is 65.2 Å². The van der Waals surface area contributed by atoms with Gasteiger partial charge >= 0.3 is 0 Å². The highest BCUT2D eigenvalue weighted by Gasteiger charge is 2.50. The highest BCUT2D eigenvalue weighted by Crippen LogP contribution is 2.47. The zero-order valence-corrected chi connectivity index (χ0v) is 13.8. The van der Waals surface area contributed by atoms with Crippen molar-refractivity contribution in [3.63, 3.8) is 0 Å². The van der Waals surface area contributed by atoms with E-state index >= 15 is 0 Å². The van der Waals surface area contributed by atoms with Crippen LogP contribution < -0.4 is 14.8 Å². The quantitative estimate of drug-likeness (QED) is 0.919. The molecule has 2 atom stereocenters. The lowest BCUT2D eigenvalue weighted by Gasteiger charge is -2.51. The summed E-state index contributed by atoms with van der Waals surface area (Å²) in [4.78, 5) is 0. The van der Waals surface area contributed by atoms with E-state index in [4.69, 9.17) is 9.47 Å². The molecular weight excluding hydrogens is 262 g/mol. The summed E-state index contributed by atoms with van der Waals surface area (Å²) in [7, 11) is 0. The molecule has 2 unspecified atom stereocenters. The average molecular weight is 289 g/mol. The second kappa shape index (κ2) is 4.91. The van der Waals surface area contributed by atoms with Gasteiger partial charge in [0.2, 0.25) is 0 Å². The maximum absolute atomic E-state index is 6.31. The first-order valence-corrected chi connectivity index (χ1v) is 8.04. The van der Waals surface area contributed by atoms with Gasteiger partial charge < -0.3 is 14.8 Å². The Balaban J connectivity index is 1.75. The molecule has 1 aliphatic carbocycles. The van der Waals surface area contributed by atoms with Crippen LogP contribution in [0, 0.1) is 5.41 Å². The van der Waals surface area contributed by atoms with Gasteiger partial charge in [0.05, 0.1) is 0 Å². The minimum absolute atomic E-state index is 0.122. The lowest BCUT2D eigenvalue weighted by molar-refractivity contribution is -0.0558. The van der Waals surface area contributed by atoms with Crippen LogP contribution in [-0.2, 0) is 6.42 Å². The van der Waals surface area contributed by atoms with Crippen molar-refractivity contribution in [2.75, 3.05) is 6.54 Å². The van der Waals surface area contributed by atoms with Crippen LogP contribution in [-0.4, -0.2) is 24.3 Å². The van der Waals surface area contributed by atoms with Crippen molar-refractivity contribution in [1.82, 2.24) is 5.32 Å². The van der Waals surface area contributed by atoms with Gasteiger partial charge in [0.15, 0.2) is 11.5 Å². The van der Waals surface area contributed by atoms with Crippen molar-refractivity contribution in [1.29, 1.82) is 0 Å². The Morgan fingerprint density at radius 3 is 2.71 bits per heavy atom. The largest absolute Gasteiger partial charge is 0.486 e. The highest BCUT2D eigenvalue weighted by molar-refractivity contribution is 5.50. The molecule has 3 rings (SSSR count). The number of benzene rings is 1. The first kappa shape index (κ1) is 14.7. The standard InChI is InChI=1S/C18H27NO2/c1-6-19-14-10-15(18(14,4)5)20-13-9-7-8-12-11-17(2,3)21-16(12)13/h7-9,14-15,19H,6,10-11H2,1-5H3. The predicted molar refractivity (Wildman–Crippen MR) is 85.1 cm³/mol. The van der Waals surface area contributed by atoms with Gasteiger partial charge in [-0.25, -0.2) is 0 Å². The fraction of sp³-hybridized carbons (Fsp3) is 0.667. The Hall–Kier alpha value is -1.22. The van der Waals surface area contributed by atoms with E-state index in [-0.39, 0.29) is 17.1 Å². The molecule has 0 spiro atoms. The number of hydrogen-bond donors (Lipinski definition) is 1. The molecule has 1 saturated carbocycles. The zero-order chi connectivity index (χ0) is 15.3. The van der Waals surface area contributed by atoms with E-state index in [0.717, 1.165) is 30.9 Å². The second-order valence-electron chi connectivity index (χ2n) is 7.56. The summed E-state index contributed by atoms with van der Waals surface area (Å²) in [5.41, 5.74) is 1.30. The van der Waals surface area contributed by atoms with Gasteiger partial charge in [0.25, 0.3) is 0 Å². The number of fused-ring (bicyclic) bond motifs is 1. The maximum Gasteiger partial charge on any atom is 0.165 e. The van der Waals surface area contributed by atoms with Gasteiger partial charge in [-0.15, -0.1) is 0 Å². The molecule has 1 N–H and O–H groups in total. The number of nitrogens with one attached hydrogen (secondary N) is 1. The fourth-order valence-electron chi connectivity index (χ4n) is 3.51. The van der Waals surface area contributed by atoms with Crippen molar-refractivity contribution in [3.8, 4) is 11.5 Å². The second-order valence-corrected chi connectivity index (χ2v) is 7.56. The fourth-order valence-corrected chi connectivity index (χ4v) is 3.51. The molecule has 1 aliphatic heterocycles. The Bertz CT molecular complexity index is 536. The molecule has 1 aromatic carbocycles. The topological polar surface area (TPSA) is 30.5 Å². The molecule has 2 aliphatic rings. The van der Waals surface area contributed by atoms with Crippen LogP contribution in [0.3, 0.4) is 0 Å². The summed E-state index contributed by atoms with van der Waals surface area (Å²) in [5.74, 6) is 1.86. The lowest BCUT2D eigenvalue weighted by Crippen LogP contribution is -2.62. The summed E-state index contributed by atoms with van der Waals surface area (Å²) >= 11 is 0. The predicted octanol–water partition coefficient (Wildman–Crippen LogP) is 3.56. The molecule has 0 bridgehead atoms. The van der Waals surface area contributed by atoms with Crippen molar-refractivity contribution in [3.05, 3.63) is 23.8 Å². The molecule has 0 radical (unpaired) electrons. The first-order valence-electron chi connectivity index (χ1n) is 8.04. The zero-order valence-electron chi connectivity index (χ0n) is 13.8. The monoisotopic (exact) mass is 289 g/mol. The summed E-state index contributed by atoms with van der Waals surface area (Å²) in [6.07, 6.45) is 2.27. The first-order chi connectivity index (χ1) is 9.83. The number of hydrogen-bond acceptors (Lipinski definition) is 3. The van der Waals surface area contributed by atoms with Gasteiger partial charge in [0.1, 0.15) is 11.7 Å². The third-order valence-electron chi connectivity index (χ3n) is 4.95. The van der Waals surface area contributed by atoms with Crippen LogP contribution in [0.15, 0.2) is 18.2 Å². The minimum Gasteiger partial charge on any atom is -0.486 e. The Labute approximate surface area is 128 Å². The molecule has 116 valence electrons. The summed E-state index contributed by atoms with van der Waals surface area (Å²) in [5, 5.41) is 3.54.